The Labute approximate surface area is 90.1 Å². The molecular weight excluding hydrogens is 196 g/mol. The van der Waals surface area contributed by atoms with Gasteiger partial charge in [-0.1, -0.05) is 43.7 Å². The third-order valence-corrected chi connectivity index (χ3v) is 2.56. The van der Waals surface area contributed by atoms with Gasteiger partial charge in [-0.2, -0.15) is 0 Å². The SMILES string of the molecule is CCCC(C(=O)CCl)c1ccccc1. The molecule has 1 aromatic carbocycles. The van der Waals surface area contributed by atoms with Gasteiger partial charge in [0.15, 0.2) is 5.78 Å². The van der Waals surface area contributed by atoms with Gasteiger partial charge < -0.3 is 0 Å². The number of carbonyl (C=O) groups is 1. The minimum absolute atomic E-state index is 0.0151. The van der Waals surface area contributed by atoms with Gasteiger partial charge in [-0.25, -0.2) is 0 Å². The first kappa shape index (κ1) is 11.3. The molecule has 0 bridgehead atoms. The van der Waals surface area contributed by atoms with Crippen LogP contribution in [0.4, 0.5) is 0 Å². The number of rotatable bonds is 5. The van der Waals surface area contributed by atoms with Crippen LogP contribution in [0.1, 0.15) is 31.2 Å². The second-order valence-corrected chi connectivity index (χ2v) is 3.62. The highest BCUT2D eigenvalue weighted by Gasteiger charge is 2.17. The smallest absolute Gasteiger partial charge is 0.155 e. The first-order valence-electron chi connectivity index (χ1n) is 4.93. The molecule has 0 saturated heterocycles. The lowest BCUT2D eigenvalue weighted by molar-refractivity contribution is -0.118. The topological polar surface area (TPSA) is 17.1 Å². The zero-order chi connectivity index (χ0) is 10.4. The maximum Gasteiger partial charge on any atom is 0.155 e. The Kier molecular flexibility index (Phi) is 4.68. The van der Waals surface area contributed by atoms with Crippen LogP contribution in [0.3, 0.4) is 0 Å². The second kappa shape index (κ2) is 5.82. The molecule has 0 aliphatic carbocycles. The average Bonchev–Trinajstić information content (AvgIpc) is 2.26. The molecule has 1 atom stereocenters. The van der Waals surface area contributed by atoms with Gasteiger partial charge in [0.25, 0.3) is 0 Å². The highest BCUT2D eigenvalue weighted by atomic mass is 35.5. The lowest BCUT2D eigenvalue weighted by Gasteiger charge is -2.13. The fourth-order valence-corrected chi connectivity index (χ4v) is 1.77. The van der Waals surface area contributed by atoms with Crippen molar-refractivity contribution in [1.82, 2.24) is 0 Å². The number of Topliss-reactive ketones (excluding diaryl/α,β-unsaturated/α-hetero) is 1. The number of ketones is 1. The van der Waals surface area contributed by atoms with Crippen molar-refractivity contribution in [3.8, 4) is 0 Å². The van der Waals surface area contributed by atoms with Gasteiger partial charge in [-0.15, -0.1) is 11.6 Å². The van der Waals surface area contributed by atoms with Crippen molar-refractivity contribution >= 4 is 17.4 Å². The quantitative estimate of drug-likeness (QED) is 0.681. The van der Waals surface area contributed by atoms with Crippen molar-refractivity contribution < 1.29 is 4.79 Å². The van der Waals surface area contributed by atoms with E-state index in [2.05, 4.69) is 6.92 Å². The Morgan fingerprint density at radius 3 is 2.50 bits per heavy atom. The molecule has 0 radical (unpaired) electrons. The van der Waals surface area contributed by atoms with Crippen LogP contribution in [0.25, 0.3) is 0 Å². The third kappa shape index (κ3) is 2.85. The molecule has 0 N–H and O–H groups in total. The van der Waals surface area contributed by atoms with Gasteiger partial charge in [-0.05, 0) is 12.0 Å². The molecule has 1 unspecified atom stereocenters. The van der Waals surface area contributed by atoms with Gasteiger partial charge in [0.2, 0.25) is 0 Å². The summed E-state index contributed by atoms with van der Waals surface area (Å²) in [4.78, 5) is 11.6. The van der Waals surface area contributed by atoms with Crippen molar-refractivity contribution in [2.75, 3.05) is 5.88 Å². The van der Waals surface area contributed by atoms with Crippen molar-refractivity contribution in [1.29, 1.82) is 0 Å². The van der Waals surface area contributed by atoms with E-state index in [4.69, 9.17) is 11.6 Å². The summed E-state index contributed by atoms with van der Waals surface area (Å²) in [7, 11) is 0. The number of hydrogen-bond acceptors (Lipinski definition) is 1. The van der Waals surface area contributed by atoms with Crippen molar-refractivity contribution in [3.63, 3.8) is 0 Å². The van der Waals surface area contributed by atoms with Crippen LogP contribution in [0, 0.1) is 0 Å². The molecule has 14 heavy (non-hydrogen) atoms. The molecule has 0 saturated carbocycles. The Morgan fingerprint density at radius 2 is 2.00 bits per heavy atom. The molecule has 0 amide bonds. The van der Waals surface area contributed by atoms with Gasteiger partial charge in [0.05, 0.1) is 5.88 Å². The lowest BCUT2D eigenvalue weighted by atomic mass is 9.91. The minimum atomic E-state index is -0.0151. The molecule has 1 aromatic rings. The fraction of sp³-hybridized carbons (Fsp3) is 0.417. The molecule has 0 aromatic heterocycles. The normalized spacial score (nSPS) is 12.4. The summed E-state index contributed by atoms with van der Waals surface area (Å²) in [5.41, 5.74) is 1.08. The maximum atomic E-state index is 11.6. The van der Waals surface area contributed by atoms with Crippen LogP contribution in [0.5, 0.6) is 0 Å². The fourth-order valence-electron chi connectivity index (χ4n) is 1.58. The summed E-state index contributed by atoms with van der Waals surface area (Å²) in [6.45, 7) is 2.08. The largest absolute Gasteiger partial charge is 0.298 e. The summed E-state index contributed by atoms with van der Waals surface area (Å²) in [6.07, 6.45) is 1.89. The Hall–Kier alpha value is -0.820. The van der Waals surface area contributed by atoms with Crippen LogP contribution >= 0.6 is 11.6 Å². The molecule has 1 nitrogen and oxygen atoms in total. The maximum absolute atomic E-state index is 11.6. The van der Waals surface area contributed by atoms with E-state index in [0.29, 0.717) is 0 Å². The van der Waals surface area contributed by atoms with E-state index in [9.17, 15) is 4.79 Å². The second-order valence-electron chi connectivity index (χ2n) is 3.35. The zero-order valence-corrected chi connectivity index (χ0v) is 9.13. The first-order valence-corrected chi connectivity index (χ1v) is 5.46. The monoisotopic (exact) mass is 210 g/mol. The van der Waals surface area contributed by atoms with Gasteiger partial charge in [0, 0.05) is 5.92 Å². The predicted octanol–water partition coefficient (Wildman–Crippen LogP) is 3.38. The highest BCUT2D eigenvalue weighted by molar-refractivity contribution is 6.28. The summed E-state index contributed by atoms with van der Waals surface area (Å²) in [6, 6.07) is 9.85. The van der Waals surface area contributed by atoms with Crippen LogP contribution < -0.4 is 0 Å². The van der Waals surface area contributed by atoms with E-state index in [-0.39, 0.29) is 17.6 Å². The summed E-state index contributed by atoms with van der Waals surface area (Å²) < 4.78 is 0. The van der Waals surface area contributed by atoms with E-state index < -0.39 is 0 Å². The zero-order valence-electron chi connectivity index (χ0n) is 8.37. The number of alkyl halides is 1. The highest BCUT2D eigenvalue weighted by Crippen LogP contribution is 2.22. The molecule has 1 rings (SSSR count). The van der Waals surface area contributed by atoms with Crippen LogP contribution in [-0.4, -0.2) is 11.7 Å². The van der Waals surface area contributed by atoms with E-state index in [1.165, 1.54) is 0 Å². The third-order valence-electron chi connectivity index (χ3n) is 2.30. The molecule has 76 valence electrons. The number of carbonyl (C=O) groups excluding carboxylic acids is 1. The Bertz CT molecular complexity index is 282. The van der Waals surface area contributed by atoms with Gasteiger partial charge >= 0.3 is 0 Å². The summed E-state index contributed by atoms with van der Waals surface area (Å²) in [5, 5.41) is 0. The first-order chi connectivity index (χ1) is 6.79. The van der Waals surface area contributed by atoms with E-state index in [0.717, 1.165) is 18.4 Å². The standard InChI is InChI=1S/C12H15ClO/c1-2-6-11(12(14)9-13)10-7-4-3-5-8-10/h3-5,7-8,11H,2,6,9H2,1H3. The minimum Gasteiger partial charge on any atom is -0.298 e. The number of halogens is 1. The van der Waals surface area contributed by atoms with E-state index in [1.807, 2.05) is 30.3 Å². The van der Waals surface area contributed by atoms with Crippen molar-refractivity contribution in [3.05, 3.63) is 35.9 Å². The van der Waals surface area contributed by atoms with E-state index >= 15 is 0 Å². The Balaban J connectivity index is 2.83. The molecule has 0 heterocycles. The van der Waals surface area contributed by atoms with Crippen LogP contribution in [0.15, 0.2) is 30.3 Å². The lowest BCUT2D eigenvalue weighted by Crippen LogP contribution is -2.13. The van der Waals surface area contributed by atoms with Gasteiger partial charge in [0.1, 0.15) is 0 Å². The Morgan fingerprint density at radius 1 is 1.36 bits per heavy atom. The molecule has 0 spiro atoms. The van der Waals surface area contributed by atoms with Crippen molar-refractivity contribution in [2.24, 2.45) is 0 Å². The number of hydrogen-bond donors (Lipinski definition) is 0. The van der Waals surface area contributed by atoms with Crippen LogP contribution in [-0.2, 0) is 4.79 Å². The molecular formula is C12H15ClO. The average molecular weight is 211 g/mol. The summed E-state index contributed by atoms with van der Waals surface area (Å²) in [5.74, 6) is 0.220. The molecule has 0 aliphatic heterocycles. The number of benzene rings is 1. The summed E-state index contributed by atoms with van der Waals surface area (Å²) >= 11 is 5.58. The van der Waals surface area contributed by atoms with Gasteiger partial charge in [-0.3, -0.25) is 4.79 Å². The molecule has 2 heteroatoms. The molecule has 0 aliphatic rings. The van der Waals surface area contributed by atoms with Crippen LogP contribution in [0.2, 0.25) is 0 Å². The molecule has 0 fully saturated rings. The predicted molar refractivity (Wildman–Crippen MR) is 59.8 cm³/mol. The van der Waals surface area contributed by atoms with E-state index in [1.54, 1.807) is 0 Å². The van der Waals surface area contributed by atoms with Crippen molar-refractivity contribution in [2.45, 2.75) is 25.7 Å².